The van der Waals surface area contributed by atoms with Crippen LogP contribution in [0.2, 0.25) is 0 Å². The van der Waals surface area contributed by atoms with Crippen molar-refractivity contribution in [2.75, 3.05) is 7.11 Å². The maximum atomic E-state index is 12.2. The third-order valence-electron chi connectivity index (χ3n) is 3.85. The third kappa shape index (κ3) is 3.85. The molecule has 1 N–H and O–H groups in total. The van der Waals surface area contributed by atoms with Crippen LogP contribution in [0.5, 0.6) is 0 Å². The Bertz CT molecular complexity index is 634. The van der Waals surface area contributed by atoms with Gasteiger partial charge in [0.1, 0.15) is 11.1 Å². The van der Waals surface area contributed by atoms with Gasteiger partial charge in [-0.2, -0.15) is 0 Å². The largest absolute Gasteiger partial charge is 0.469 e. The van der Waals surface area contributed by atoms with E-state index in [4.69, 9.17) is 9.47 Å². The molecule has 0 unspecified atom stereocenters. The number of nitrogens with zero attached hydrogens (tertiary/aromatic N) is 2. The highest BCUT2D eigenvalue weighted by atomic mass is 79.9. The van der Waals surface area contributed by atoms with Crippen molar-refractivity contribution in [1.82, 2.24) is 15.3 Å². The second kappa shape index (κ2) is 6.31. The molecule has 0 aromatic carbocycles. The Kier molecular flexibility index (Phi) is 4.90. The first kappa shape index (κ1) is 18.6. The van der Waals surface area contributed by atoms with E-state index in [9.17, 15) is 9.59 Å². The lowest BCUT2D eigenvalue weighted by molar-refractivity contribution is -0.163. The predicted octanol–water partition coefficient (Wildman–Crippen LogP) is 2.93. The highest BCUT2D eigenvalue weighted by molar-refractivity contribution is 9.10. The van der Waals surface area contributed by atoms with E-state index < -0.39 is 22.6 Å². The van der Waals surface area contributed by atoms with Crippen LogP contribution in [-0.2, 0) is 19.8 Å². The Hall–Kier alpha value is -1.70. The summed E-state index contributed by atoms with van der Waals surface area (Å²) >= 11 is 3.29. The summed E-state index contributed by atoms with van der Waals surface area (Å²) in [6.07, 6.45) is 3.32. The highest BCUT2D eigenvalue weighted by Crippen LogP contribution is 2.53. The number of aromatic nitrogens is 2. The number of esters is 1. The SMILES string of the molecule is COC(=O)[C@]1(C)C[C@@](NC(=O)OC(C)(C)C)(c2ncc(Br)cn2)C1. The summed E-state index contributed by atoms with van der Waals surface area (Å²) in [5.41, 5.74) is -2.17. The summed E-state index contributed by atoms with van der Waals surface area (Å²) in [6.45, 7) is 7.16. The van der Waals surface area contributed by atoms with Crippen molar-refractivity contribution in [3.63, 3.8) is 0 Å². The standard InChI is InChI=1S/C16H22BrN3O4/c1-14(2,3)24-13(22)20-16(11-18-6-10(17)7-19-11)8-15(4,9-16)12(21)23-5/h6-7H,8-9H2,1-5H3,(H,20,22)/t15-,16+. The van der Waals surface area contributed by atoms with Gasteiger partial charge in [-0.1, -0.05) is 0 Å². The minimum absolute atomic E-state index is 0.318. The van der Waals surface area contributed by atoms with Crippen molar-refractivity contribution in [2.24, 2.45) is 5.41 Å². The molecule has 0 radical (unpaired) electrons. The monoisotopic (exact) mass is 399 g/mol. The number of carbonyl (C=O) groups is 2. The molecule has 24 heavy (non-hydrogen) atoms. The molecular formula is C16H22BrN3O4. The van der Waals surface area contributed by atoms with Crippen LogP contribution in [0.1, 0.15) is 46.4 Å². The molecule has 1 heterocycles. The van der Waals surface area contributed by atoms with Crippen LogP contribution in [0, 0.1) is 5.41 Å². The first-order chi connectivity index (χ1) is 11.0. The van der Waals surface area contributed by atoms with Crippen LogP contribution in [0.15, 0.2) is 16.9 Å². The molecule has 1 aromatic rings. The van der Waals surface area contributed by atoms with E-state index >= 15 is 0 Å². The van der Waals surface area contributed by atoms with Crippen molar-refractivity contribution in [1.29, 1.82) is 0 Å². The van der Waals surface area contributed by atoms with Gasteiger partial charge in [0.05, 0.1) is 17.0 Å². The quantitative estimate of drug-likeness (QED) is 0.785. The van der Waals surface area contributed by atoms with E-state index in [0.717, 1.165) is 4.47 Å². The Morgan fingerprint density at radius 2 is 1.79 bits per heavy atom. The van der Waals surface area contributed by atoms with Crippen molar-refractivity contribution in [2.45, 2.75) is 51.7 Å². The number of carbonyl (C=O) groups excluding carboxylic acids is 2. The summed E-state index contributed by atoms with van der Waals surface area (Å²) in [4.78, 5) is 32.8. The molecule has 7 nitrogen and oxygen atoms in total. The summed E-state index contributed by atoms with van der Waals surface area (Å²) in [7, 11) is 1.35. The molecule has 1 aliphatic carbocycles. The van der Waals surface area contributed by atoms with E-state index in [1.165, 1.54) is 7.11 Å². The molecule has 0 spiro atoms. The normalized spacial score (nSPS) is 26.2. The first-order valence-electron chi connectivity index (χ1n) is 7.57. The summed E-state index contributed by atoms with van der Waals surface area (Å²) in [5, 5.41) is 2.85. The molecule has 1 aliphatic rings. The summed E-state index contributed by atoms with van der Waals surface area (Å²) < 4.78 is 10.9. The molecule has 1 aromatic heterocycles. The second-order valence-electron chi connectivity index (χ2n) is 7.34. The van der Waals surface area contributed by atoms with Gasteiger partial charge < -0.3 is 14.8 Å². The Morgan fingerprint density at radius 3 is 2.25 bits per heavy atom. The van der Waals surface area contributed by atoms with Crippen LogP contribution < -0.4 is 5.32 Å². The van der Waals surface area contributed by atoms with Crippen molar-refractivity contribution >= 4 is 28.0 Å². The lowest BCUT2D eigenvalue weighted by Gasteiger charge is -2.51. The molecule has 0 atom stereocenters. The van der Waals surface area contributed by atoms with Crippen LogP contribution in [0.25, 0.3) is 0 Å². The third-order valence-corrected chi connectivity index (χ3v) is 4.26. The average Bonchev–Trinajstić information content (AvgIpc) is 2.42. The molecule has 0 bridgehead atoms. The van der Waals surface area contributed by atoms with Crippen molar-refractivity contribution in [3.8, 4) is 0 Å². The number of methoxy groups -OCH3 is 1. The molecule has 8 heteroatoms. The van der Waals surface area contributed by atoms with E-state index in [0.29, 0.717) is 18.7 Å². The minimum atomic E-state index is -0.855. The first-order valence-corrected chi connectivity index (χ1v) is 8.37. The summed E-state index contributed by atoms with van der Waals surface area (Å²) in [6, 6.07) is 0. The van der Waals surface area contributed by atoms with Gasteiger partial charge in [-0.05, 0) is 56.5 Å². The number of amides is 1. The van der Waals surface area contributed by atoms with Crippen LogP contribution in [0.4, 0.5) is 4.79 Å². The Balaban J connectivity index is 2.26. The van der Waals surface area contributed by atoms with E-state index in [1.807, 2.05) is 0 Å². The molecule has 2 rings (SSSR count). The lowest BCUT2D eigenvalue weighted by Crippen LogP contribution is -2.62. The van der Waals surface area contributed by atoms with Gasteiger partial charge in [0.2, 0.25) is 0 Å². The smallest absolute Gasteiger partial charge is 0.408 e. The van der Waals surface area contributed by atoms with Gasteiger partial charge in [0.15, 0.2) is 5.82 Å². The molecule has 1 fully saturated rings. The zero-order valence-electron chi connectivity index (χ0n) is 14.5. The number of hydrogen-bond acceptors (Lipinski definition) is 6. The van der Waals surface area contributed by atoms with Crippen LogP contribution in [0.3, 0.4) is 0 Å². The fourth-order valence-electron chi connectivity index (χ4n) is 3.03. The average molecular weight is 400 g/mol. The number of ether oxygens (including phenoxy) is 2. The molecular weight excluding hydrogens is 378 g/mol. The Morgan fingerprint density at radius 1 is 1.25 bits per heavy atom. The van der Waals surface area contributed by atoms with Crippen LogP contribution in [-0.4, -0.2) is 34.7 Å². The second-order valence-corrected chi connectivity index (χ2v) is 8.26. The fourth-order valence-corrected chi connectivity index (χ4v) is 3.24. The van der Waals surface area contributed by atoms with Gasteiger partial charge in [-0.3, -0.25) is 4.79 Å². The molecule has 132 valence electrons. The molecule has 1 saturated carbocycles. The zero-order chi connectivity index (χ0) is 18.2. The topological polar surface area (TPSA) is 90.4 Å². The molecule has 0 aliphatic heterocycles. The van der Waals surface area contributed by atoms with Gasteiger partial charge in [0, 0.05) is 12.4 Å². The highest BCUT2D eigenvalue weighted by Gasteiger charge is 2.60. The number of alkyl carbamates (subject to hydrolysis) is 1. The Labute approximate surface area is 149 Å². The summed E-state index contributed by atoms with van der Waals surface area (Å²) in [5.74, 6) is 0.124. The predicted molar refractivity (Wildman–Crippen MR) is 90.1 cm³/mol. The molecule has 1 amide bonds. The van der Waals surface area contributed by atoms with Crippen molar-refractivity contribution in [3.05, 3.63) is 22.7 Å². The maximum absolute atomic E-state index is 12.2. The van der Waals surface area contributed by atoms with Gasteiger partial charge >= 0.3 is 12.1 Å². The molecule has 0 saturated heterocycles. The van der Waals surface area contributed by atoms with E-state index in [-0.39, 0.29) is 5.97 Å². The number of halogens is 1. The maximum Gasteiger partial charge on any atom is 0.408 e. The minimum Gasteiger partial charge on any atom is -0.469 e. The zero-order valence-corrected chi connectivity index (χ0v) is 16.1. The number of nitrogens with one attached hydrogen (secondary N) is 1. The van der Waals surface area contributed by atoms with Gasteiger partial charge in [-0.15, -0.1) is 0 Å². The fraction of sp³-hybridized carbons (Fsp3) is 0.625. The van der Waals surface area contributed by atoms with E-state index in [2.05, 4.69) is 31.2 Å². The van der Waals surface area contributed by atoms with Crippen molar-refractivity contribution < 1.29 is 19.1 Å². The number of hydrogen-bond donors (Lipinski definition) is 1. The lowest BCUT2D eigenvalue weighted by atomic mass is 9.57. The van der Waals surface area contributed by atoms with Gasteiger partial charge in [-0.25, -0.2) is 14.8 Å². The van der Waals surface area contributed by atoms with E-state index in [1.54, 1.807) is 40.1 Å². The number of rotatable bonds is 3. The van der Waals surface area contributed by atoms with Crippen LogP contribution >= 0.6 is 15.9 Å². The van der Waals surface area contributed by atoms with Gasteiger partial charge in [0.25, 0.3) is 0 Å².